The van der Waals surface area contributed by atoms with Crippen LogP contribution in [0.3, 0.4) is 0 Å². The highest BCUT2D eigenvalue weighted by Crippen LogP contribution is 2.32. The van der Waals surface area contributed by atoms with Gasteiger partial charge in [-0.3, -0.25) is 14.5 Å². The maximum Gasteiger partial charge on any atom is 0.233 e. The highest BCUT2D eigenvalue weighted by atomic mass is 32.1. The van der Waals surface area contributed by atoms with Crippen LogP contribution in [-0.2, 0) is 22.4 Å². The fourth-order valence-electron chi connectivity index (χ4n) is 3.51. The summed E-state index contributed by atoms with van der Waals surface area (Å²) in [6.07, 6.45) is 3.52. The second kappa shape index (κ2) is 6.48. The van der Waals surface area contributed by atoms with Crippen LogP contribution in [-0.4, -0.2) is 29.9 Å². The van der Waals surface area contributed by atoms with Gasteiger partial charge in [0.1, 0.15) is 0 Å². The van der Waals surface area contributed by atoms with Gasteiger partial charge in [0.2, 0.25) is 11.8 Å². The summed E-state index contributed by atoms with van der Waals surface area (Å²) in [6, 6.07) is 5.73. The molecule has 0 aliphatic carbocycles. The van der Waals surface area contributed by atoms with Crippen molar-refractivity contribution in [2.24, 2.45) is 0 Å². The smallest absolute Gasteiger partial charge is 0.233 e. The van der Waals surface area contributed by atoms with Crippen LogP contribution in [0.1, 0.15) is 30.5 Å². The van der Waals surface area contributed by atoms with Crippen molar-refractivity contribution in [3.05, 3.63) is 34.8 Å². The third-order valence-electron chi connectivity index (χ3n) is 4.76. The van der Waals surface area contributed by atoms with E-state index in [1.807, 2.05) is 28.5 Å². The Morgan fingerprint density at radius 1 is 1.24 bits per heavy atom. The molecule has 6 nitrogen and oxygen atoms in total. The zero-order valence-electron chi connectivity index (χ0n) is 13.9. The Kier molecular flexibility index (Phi) is 4.17. The Balaban J connectivity index is 1.51. The zero-order valence-corrected chi connectivity index (χ0v) is 14.7. The van der Waals surface area contributed by atoms with E-state index in [1.165, 1.54) is 11.3 Å². The minimum absolute atomic E-state index is 0.0242. The third-order valence-corrected chi connectivity index (χ3v) is 5.68. The predicted molar refractivity (Wildman–Crippen MR) is 98.9 cm³/mol. The number of carbonyl (C=O) groups is 2. The maximum atomic E-state index is 12.8. The molecule has 2 aliphatic rings. The number of nitrogens with two attached hydrogens (primary N) is 1. The normalized spacial score (nSPS) is 17.0. The lowest BCUT2D eigenvalue weighted by atomic mass is 9.99. The van der Waals surface area contributed by atoms with Crippen LogP contribution in [0.25, 0.3) is 0 Å². The van der Waals surface area contributed by atoms with Crippen LogP contribution >= 0.6 is 11.3 Å². The molecule has 0 spiro atoms. The summed E-state index contributed by atoms with van der Waals surface area (Å²) in [6.45, 7) is 1.43. The van der Waals surface area contributed by atoms with E-state index in [-0.39, 0.29) is 18.2 Å². The molecule has 2 aromatic rings. The average Bonchev–Trinajstić information content (AvgIpc) is 3.23. The van der Waals surface area contributed by atoms with Crippen molar-refractivity contribution in [1.29, 1.82) is 0 Å². The molecule has 2 aliphatic heterocycles. The van der Waals surface area contributed by atoms with Gasteiger partial charge in [0.15, 0.2) is 5.13 Å². The van der Waals surface area contributed by atoms with E-state index < -0.39 is 0 Å². The molecule has 1 saturated heterocycles. The molecule has 7 heteroatoms. The number of nitrogen functional groups attached to an aromatic ring is 1. The summed E-state index contributed by atoms with van der Waals surface area (Å²) in [7, 11) is 0. The molecule has 1 fully saturated rings. The molecule has 130 valence electrons. The Morgan fingerprint density at radius 3 is 2.88 bits per heavy atom. The van der Waals surface area contributed by atoms with Crippen LogP contribution in [0.4, 0.5) is 16.5 Å². The van der Waals surface area contributed by atoms with E-state index in [2.05, 4.69) is 4.98 Å². The topological polar surface area (TPSA) is 79.5 Å². The third kappa shape index (κ3) is 3.00. The van der Waals surface area contributed by atoms with Gasteiger partial charge in [-0.1, -0.05) is 6.07 Å². The molecule has 2 N–H and O–H groups in total. The summed E-state index contributed by atoms with van der Waals surface area (Å²) >= 11 is 1.43. The standard InChI is InChI=1S/C18H20N4O2S/c19-14-5-1-6-15-13(14)4-2-8-21(15)17(24)10-12-11-25-18(20-12)22-9-3-7-16(22)23/h1,5-6,11H,2-4,7-10,19H2. The number of benzene rings is 1. The minimum atomic E-state index is 0.0242. The van der Waals surface area contributed by atoms with Gasteiger partial charge >= 0.3 is 0 Å². The van der Waals surface area contributed by atoms with Crippen LogP contribution in [0.5, 0.6) is 0 Å². The molecule has 0 atom stereocenters. The largest absolute Gasteiger partial charge is 0.398 e. The number of hydrogen-bond donors (Lipinski definition) is 1. The van der Waals surface area contributed by atoms with E-state index in [1.54, 1.807) is 4.90 Å². The number of hydrogen-bond acceptors (Lipinski definition) is 5. The zero-order chi connectivity index (χ0) is 17.4. The van der Waals surface area contributed by atoms with Crippen molar-refractivity contribution in [1.82, 2.24) is 4.98 Å². The number of aromatic nitrogens is 1. The van der Waals surface area contributed by atoms with Gasteiger partial charge in [0.25, 0.3) is 0 Å². The van der Waals surface area contributed by atoms with E-state index in [4.69, 9.17) is 5.73 Å². The minimum Gasteiger partial charge on any atom is -0.398 e. The van der Waals surface area contributed by atoms with E-state index in [0.717, 1.165) is 48.4 Å². The number of carbonyl (C=O) groups excluding carboxylic acids is 2. The fraction of sp³-hybridized carbons (Fsp3) is 0.389. The molecule has 4 rings (SSSR count). The molecule has 0 radical (unpaired) electrons. The van der Waals surface area contributed by atoms with Crippen molar-refractivity contribution >= 4 is 39.7 Å². The first-order chi connectivity index (χ1) is 12.1. The quantitative estimate of drug-likeness (QED) is 0.857. The lowest BCUT2D eigenvalue weighted by Gasteiger charge is -2.30. The van der Waals surface area contributed by atoms with Crippen molar-refractivity contribution in [2.75, 3.05) is 28.6 Å². The molecule has 1 aromatic carbocycles. The summed E-state index contributed by atoms with van der Waals surface area (Å²) in [5.41, 5.74) is 9.50. The first-order valence-electron chi connectivity index (χ1n) is 8.56. The highest BCUT2D eigenvalue weighted by molar-refractivity contribution is 7.14. The summed E-state index contributed by atoms with van der Waals surface area (Å²) in [5.74, 6) is 0.142. The Labute approximate surface area is 150 Å². The second-order valence-corrected chi connectivity index (χ2v) is 7.28. The van der Waals surface area contributed by atoms with Crippen LogP contribution in [0.2, 0.25) is 0 Å². The van der Waals surface area contributed by atoms with Gasteiger partial charge in [-0.25, -0.2) is 4.98 Å². The van der Waals surface area contributed by atoms with Crippen molar-refractivity contribution in [3.63, 3.8) is 0 Å². The summed E-state index contributed by atoms with van der Waals surface area (Å²) in [5, 5.41) is 2.58. The van der Waals surface area contributed by atoms with E-state index in [9.17, 15) is 9.59 Å². The molecule has 1 aromatic heterocycles. The Bertz CT molecular complexity index is 832. The molecule has 25 heavy (non-hydrogen) atoms. The monoisotopic (exact) mass is 356 g/mol. The number of rotatable bonds is 3. The van der Waals surface area contributed by atoms with Crippen LogP contribution in [0.15, 0.2) is 23.6 Å². The number of amides is 2. The summed E-state index contributed by atoms with van der Waals surface area (Å²) in [4.78, 5) is 32.7. The predicted octanol–water partition coefficient (Wildman–Crippen LogP) is 2.37. The number of fused-ring (bicyclic) bond motifs is 1. The Morgan fingerprint density at radius 2 is 2.08 bits per heavy atom. The lowest BCUT2D eigenvalue weighted by Crippen LogP contribution is -2.36. The van der Waals surface area contributed by atoms with Gasteiger partial charge in [0, 0.05) is 36.3 Å². The van der Waals surface area contributed by atoms with Crippen LogP contribution in [0, 0.1) is 0 Å². The van der Waals surface area contributed by atoms with Gasteiger partial charge < -0.3 is 10.6 Å². The molecular weight excluding hydrogens is 336 g/mol. The molecular formula is C18H20N4O2S. The number of nitrogens with zero attached hydrogens (tertiary/aromatic N) is 3. The number of thiazole rings is 1. The van der Waals surface area contributed by atoms with Gasteiger partial charge in [-0.05, 0) is 37.0 Å². The second-order valence-electron chi connectivity index (χ2n) is 6.44. The molecule has 0 bridgehead atoms. The maximum absolute atomic E-state index is 12.8. The van der Waals surface area contributed by atoms with E-state index in [0.29, 0.717) is 18.1 Å². The number of anilines is 3. The lowest BCUT2D eigenvalue weighted by molar-refractivity contribution is -0.118. The van der Waals surface area contributed by atoms with Gasteiger partial charge in [-0.15, -0.1) is 11.3 Å². The highest BCUT2D eigenvalue weighted by Gasteiger charge is 2.26. The SMILES string of the molecule is Nc1cccc2c1CCCN2C(=O)Cc1csc(N2CCCC2=O)n1. The van der Waals surface area contributed by atoms with Gasteiger partial charge in [0.05, 0.1) is 12.1 Å². The van der Waals surface area contributed by atoms with Crippen molar-refractivity contribution in [2.45, 2.75) is 32.1 Å². The molecule has 2 amide bonds. The molecule has 0 saturated carbocycles. The Hall–Kier alpha value is -2.41. The molecule has 3 heterocycles. The fourth-order valence-corrected chi connectivity index (χ4v) is 4.38. The summed E-state index contributed by atoms with van der Waals surface area (Å²) < 4.78 is 0. The van der Waals surface area contributed by atoms with Gasteiger partial charge in [-0.2, -0.15) is 0 Å². The first-order valence-corrected chi connectivity index (χ1v) is 9.44. The van der Waals surface area contributed by atoms with Crippen molar-refractivity contribution < 1.29 is 9.59 Å². The van der Waals surface area contributed by atoms with E-state index >= 15 is 0 Å². The van der Waals surface area contributed by atoms with Crippen LogP contribution < -0.4 is 15.5 Å². The first kappa shape index (κ1) is 16.1. The van der Waals surface area contributed by atoms with Crippen molar-refractivity contribution in [3.8, 4) is 0 Å². The molecule has 0 unspecified atom stereocenters. The average molecular weight is 356 g/mol.